The van der Waals surface area contributed by atoms with E-state index in [1.807, 2.05) is 30.3 Å². The Morgan fingerprint density at radius 2 is 2.03 bits per heavy atom. The van der Waals surface area contributed by atoms with Crippen molar-refractivity contribution in [2.24, 2.45) is 0 Å². The normalized spacial score (nSPS) is 17.0. The Morgan fingerprint density at radius 1 is 1.28 bits per heavy atom. The Labute approximate surface area is 173 Å². The third-order valence-electron chi connectivity index (χ3n) is 4.62. The summed E-state index contributed by atoms with van der Waals surface area (Å²) in [6, 6.07) is 10.3. The zero-order valence-electron chi connectivity index (χ0n) is 16.4. The van der Waals surface area contributed by atoms with Crippen molar-refractivity contribution in [3.8, 4) is 0 Å². The molecular weight excluding hydrogens is 392 g/mol. The lowest BCUT2D eigenvalue weighted by Gasteiger charge is -2.24. The fraction of sp³-hybridized carbons (Fsp3) is 0.400. The molecule has 8 nitrogen and oxygen atoms in total. The first kappa shape index (κ1) is 20.9. The summed E-state index contributed by atoms with van der Waals surface area (Å²) in [7, 11) is 0. The fourth-order valence-electron chi connectivity index (χ4n) is 3.09. The zero-order valence-corrected chi connectivity index (χ0v) is 17.2. The fourth-order valence-corrected chi connectivity index (χ4v) is 3.86. The largest absolute Gasteiger partial charge is 0.360 e. The molecule has 2 atom stereocenters. The number of amides is 3. The molecule has 1 fully saturated rings. The van der Waals surface area contributed by atoms with Crippen molar-refractivity contribution in [3.05, 3.63) is 42.2 Å². The van der Waals surface area contributed by atoms with Crippen LogP contribution in [-0.2, 0) is 14.4 Å². The molecule has 1 aliphatic rings. The summed E-state index contributed by atoms with van der Waals surface area (Å²) < 4.78 is 4.92. The average molecular weight is 417 g/mol. The van der Waals surface area contributed by atoms with Crippen LogP contribution < -0.4 is 10.6 Å². The first-order valence-electron chi connectivity index (χ1n) is 9.45. The summed E-state index contributed by atoms with van der Waals surface area (Å²) in [5, 5.41) is 8.79. The highest BCUT2D eigenvalue weighted by molar-refractivity contribution is 8.01. The van der Waals surface area contributed by atoms with E-state index in [2.05, 4.69) is 15.8 Å². The highest BCUT2D eigenvalue weighted by atomic mass is 32.2. The van der Waals surface area contributed by atoms with Crippen molar-refractivity contribution in [2.45, 2.75) is 38.0 Å². The average Bonchev–Trinajstić information content (AvgIpc) is 3.35. The number of aromatic nitrogens is 1. The molecule has 29 heavy (non-hydrogen) atoms. The topological polar surface area (TPSA) is 105 Å². The lowest BCUT2D eigenvalue weighted by atomic mass is 10.2. The van der Waals surface area contributed by atoms with Crippen molar-refractivity contribution in [2.75, 3.05) is 22.9 Å². The van der Waals surface area contributed by atoms with E-state index in [1.165, 1.54) is 11.8 Å². The molecule has 154 valence electrons. The maximum absolute atomic E-state index is 12.7. The lowest BCUT2D eigenvalue weighted by molar-refractivity contribution is -0.134. The molecule has 9 heteroatoms. The number of aryl methyl sites for hydroxylation is 1. The van der Waals surface area contributed by atoms with Crippen molar-refractivity contribution in [1.29, 1.82) is 0 Å². The first-order valence-corrected chi connectivity index (χ1v) is 10.5. The number of carbonyl (C=O) groups excluding carboxylic acids is 3. The van der Waals surface area contributed by atoms with Gasteiger partial charge < -0.3 is 20.1 Å². The predicted molar refractivity (Wildman–Crippen MR) is 112 cm³/mol. The monoisotopic (exact) mass is 416 g/mol. The quantitative estimate of drug-likeness (QED) is 0.719. The molecule has 1 aromatic carbocycles. The van der Waals surface area contributed by atoms with Crippen molar-refractivity contribution in [3.63, 3.8) is 0 Å². The molecule has 1 aliphatic heterocycles. The van der Waals surface area contributed by atoms with E-state index in [9.17, 15) is 14.4 Å². The molecule has 0 saturated carbocycles. The van der Waals surface area contributed by atoms with Crippen LogP contribution in [0.1, 0.15) is 25.5 Å². The van der Waals surface area contributed by atoms with Gasteiger partial charge in [-0.15, -0.1) is 11.8 Å². The third kappa shape index (κ3) is 5.60. The number of rotatable bonds is 7. The molecule has 1 aromatic heterocycles. The molecule has 2 aromatic rings. The van der Waals surface area contributed by atoms with Crippen LogP contribution in [0.25, 0.3) is 0 Å². The number of carbonyl (C=O) groups is 3. The van der Waals surface area contributed by atoms with Gasteiger partial charge in [0.15, 0.2) is 5.82 Å². The van der Waals surface area contributed by atoms with Crippen LogP contribution in [0, 0.1) is 6.92 Å². The molecule has 0 bridgehead atoms. The van der Waals surface area contributed by atoms with Crippen molar-refractivity contribution < 1.29 is 18.9 Å². The molecule has 0 aliphatic carbocycles. The highest BCUT2D eigenvalue weighted by Gasteiger charge is 2.34. The number of thioether (sulfide) groups is 1. The molecule has 0 radical (unpaired) electrons. The van der Waals surface area contributed by atoms with Crippen LogP contribution in [0.4, 0.5) is 11.5 Å². The van der Waals surface area contributed by atoms with Crippen molar-refractivity contribution in [1.82, 2.24) is 10.1 Å². The minimum Gasteiger partial charge on any atom is -0.360 e. The second kappa shape index (κ2) is 9.60. The number of likely N-dealkylation sites (tertiary alicyclic amines) is 1. The Kier molecular flexibility index (Phi) is 6.92. The van der Waals surface area contributed by atoms with Gasteiger partial charge in [0.2, 0.25) is 17.7 Å². The molecule has 1 saturated heterocycles. The van der Waals surface area contributed by atoms with E-state index in [4.69, 9.17) is 4.52 Å². The van der Waals surface area contributed by atoms with E-state index >= 15 is 0 Å². The third-order valence-corrected chi connectivity index (χ3v) is 5.75. The van der Waals surface area contributed by atoms with Crippen molar-refractivity contribution >= 4 is 41.0 Å². The summed E-state index contributed by atoms with van der Waals surface area (Å²) in [6.45, 7) is 4.01. The number of hydrogen-bond donors (Lipinski definition) is 2. The predicted octanol–water partition coefficient (Wildman–Crippen LogP) is 2.67. The molecule has 2 heterocycles. The minimum absolute atomic E-state index is 0.127. The van der Waals surface area contributed by atoms with E-state index in [0.29, 0.717) is 30.2 Å². The van der Waals surface area contributed by atoms with Gasteiger partial charge in [0, 0.05) is 18.3 Å². The number of hydrogen-bond acceptors (Lipinski definition) is 6. The molecule has 0 spiro atoms. The summed E-state index contributed by atoms with van der Waals surface area (Å²) >= 11 is 1.23. The lowest BCUT2D eigenvalue weighted by Crippen LogP contribution is -2.44. The molecule has 3 rings (SSSR count). The van der Waals surface area contributed by atoms with Gasteiger partial charge >= 0.3 is 0 Å². The molecule has 2 N–H and O–H groups in total. The van der Waals surface area contributed by atoms with E-state index in [0.717, 1.165) is 6.42 Å². The van der Waals surface area contributed by atoms with Gasteiger partial charge in [-0.05, 0) is 38.8 Å². The maximum atomic E-state index is 12.7. The maximum Gasteiger partial charge on any atom is 0.247 e. The number of nitrogens with zero attached hydrogens (tertiary/aromatic N) is 2. The minimum atomic E-state index is -0.481. The van der Waals surface area contributed by atoms with Gasteiger partial charge in [-0.1, -0.05) is 23.4 Å². The van der Waals surface area contributed by atoms with Gasteiger partial charge in [0.1, 0.15) is 11.8 Å². The smallest absolute Gasteiger partial charge is 0.247 e. The van der Waals surface area contributed by atoms with E-state index < -0.39 is 11.3 Å². The molecule has 2 unspecified atom stereocenters. The van der Waals surface area contributed by atoms with Gasteiger partial charge in [-0.25, -0.2) is 0 Å². The standard InChI is InChI=1S/C20H24N4O4S/c1-13-11-17(23-28-13)22-19(26)14(2)29-12-18(25)24-10-6-9-16(24)20(27)21-15-7-4-3-5-8-15/h3-5,7-8,11,14,16H,6,9-10,12H2,1-2H3,(H,21,27)(H,22,23,26). The first-order chi connectivity index (χ1) is 13.9. The second-order valence-corrected chi connectivity index (χ2v) is 8.19. The van der Waals surface area contributed by atoms with Gasteiger partial charge in [-0.2, -0.15) is 0 Å². The summed E-state index contributed by atoms with van der Waals surface area (Å²) in [6.07, 6.45) is 1.42. The number of anilines is 2. The Bertz CT molecular complexity index is 870. The summed E-state index contributed by atoms with van der Waals surface area (Å²) in [4.78, 5) is 39.1. The zero-order chi connectivity index (χ0) is 20.8. The van der Waals surface area contributed by atoms with Gasteiger partial charge in [0.25, 0.3) is 0 Å². The number of nitrogens with one attached hydrogen (secondary N) is 2. The van der Waals surface area contributed by atoms with Crippen LogP contribution in [-0.4, -0.2) is 51.4 Å². The van der Waals surface area contributed by atoms with E-state index in [1.54, 1.807) is 24.8 Å². The summed E-state index contributed by atoms with van der Waals surface area (Å²) in [5.74, 6) is 0.502. The van der Waals surface area contributed by atoms with Crippen LogP contribution >= 0.6 is 11.8 Å². The molecule has 3 amide bonds. The van der Waals surface area contributed by atoms with Crippen LogP contribution in [0.3, 0.4) is 0 Å². The van der Waals surface area contributed by atoms with E-state index in [-0.39, 0.29) is 23.5 Å². The SMILES string of the molecule is Cc1cc(NC(=O)C(C)SCC(=O)N2CCCC2C(=O)Nc2ccccc2)no1. The van der Waals surface area contributed by atoms with Crippen LogP contribution in [0.2, 0.25) is 0 Å². The number of benzene rings is 1. The van der Waals surface area contributed by atoms with Crippen LogP contribution in [0.15, 0.2) is 40.9 Å². The van der Waals surface area contributed by atoms with Crippen LogP contribution in [0.5, 0.6) is 0 Å². The Hall–Kier alpha value is -2.81. The Balaban J connectivity index is 1.49. The molecular formula is C20H24N4O4S. The Morgan fingerprint density at radius 3 is 2.72 bits per heavy atom. The van der Waals surface area contributed by atoms with Gasteiger partial charge in [0.05, 0.1) is 11.0 Å². The number of para-hydroxylation sites is 1. The second-order valence-electron chi connectivity index (χ2n) is 6.87. The highest BCUT2D eigenvalue weighted by Crippen LogP contribution is 2.22. The van der Waals surface area contributed by atoms with Gasteiger partial charge in [-0.3, -0.25) is 14.4 Å². The summed E-state index contributed by atoms with van der Waals surface area (Å²) in [5.41, 5.74) is 0.708.